The number of benzene rings is 1. The van der Waals surface area contributed by atoms with Crippen LogP contribution in [-0.2, 0) is 0 Å². The fraction of sp³-hybridized carbons (Fsp3) is 0.455. The van der Waals surface area contributed by atoms with Crippen LogP contribution in [0.3, 0.4) is 0 Å². The Hall–Kier alpha value is -2.65. The van der Waals surface area contributed by atoms with Gasteiger partial charge in [0.2, 0.25) is 5.95 Å². The number of aromatic nitrogens is 4. The molecule has 4 heterocycles. The topological polar surface area (TPSA) is 90.9 Å². The van der Waals surface area contributed by atoms with Gasteiger partial charge >= 0.3 is 0 Å². The lowest BCUT2D eigenvalue weighted by Gasteiger charge is -2.56. The van der Waals surface area contributed by atoms with E-state index in [-0.39, 0.29) is 0 Å². The zero-order valence-corrected chi connectivity index (χ0v) is 18.4. The zero-order valence-electron chi connectivity index (χ0n) is 17.6. The van der Waals surface area contributed by atoms with E-state index in [1.807, 2.05) is 6.07 Å². The van der Waals surface area contributed by atoms with Gasteiger partial charge in [-0.2, -0.15) is 4.98 Å². The summed E-state index contributed by atoms with van der Waals surface area (Å²) in [5, 5.41) is 10.4. The molecule has 160 valence electrons. The fourth-order valence-electron chi connectivity index (χ4n) is 4.34. The molecular formula is C22H26N8S. The predicted octanol–water partition coefficient (Wildman–Crippen LogP) is 3.12. The third-order valence-corrected chi connectivity index (χ3v) is 7.22. The Kier molecular flexibility index (Phi) is 4.61. The number of nitrogens with zero attached hydrogens (tertiary/aromatic N) is 5. The molecule has 1 aromatic carbocycles. The lowest BCUT2D eigenvalue weighted by atomic mass is 9.75. The summed E-state index contributed by atoms with van der Waals surface area (Å²) < 4.78 is 0. The highest BCUT2D eigenvalue weighted by atomic mass is 32.2. The predicted molar refractivity (Wildman–Crippen MR) is 125 cm³/mol. The minimum Gasteiger partial charge on any atom is -0.368 e. The molecule has 2 aromatic heterocycles. The Balaban J connectivity index is 1.40. The lowest BCUT2D eigenvalue weighted by molar-refractivity contribution is 0.119. The molecule has 2 saturated heterocycles. The van der Waals surface area contributed by atoms with Gasteiger partial charge in [0, 0.05) is 43.0 Å². The van der Waals surface area contributed by atoms with E-state index in [1.165, 1.54) is 17.7 Å². The molecule has 8 nitrogen and oxygen atoms in total. The molecule has 31 heavy (non-hydrogen) atoms. The van der Waals surface area contributed by atoms with Crippen LogP contribution in [0.1, 0.15) is 12.8 Å². The number of para-hydroxylation sites is 1. The maximum Gasteiger partial charge on any atom is 0.228 e. The van der Waals surface area contributed by atoms with Gasteiger partial charge in [-0.3, -0.25) is 0 Å². The van der Waals surface area contributed by atoms with E-state index in [4.69, 9.17) is 9.97 Å². The van der Waals surface area contributed by atoms with Crippen LogP contribution in [0.25, 0.3) is 11.0 Å². The second-order valence-electron chi connectivity index (χ2n) is 8.90. The molecule has 0 amide bonds. The summed E-state index contributed by atoms with van der Waals surface area (Å²) in [4.78, 5) is 22.4. The molecule has 1 aliphatic carbocycles. The quantitative estimate of drug-likeness (QED) is 0.485. The first-order valence-electron chi connectivity index (χ1n) is 10.9. The summed E-state index contributed by atoms with van der Waals surface area (Å²) in [7, 11) is 0. The van der Waals surface area contributed by atoms with Gasteiger partial charge in [0.25, 0.3) is 0 Å². The molecule has 3 aromatic rings. The first-order chi connectivity index (χ1) is 15.2. The molecule has 1 saturated carbocycles. The lowest BCUT2D eigenvalue weighted by Crippen LogP contribution is -2.71. The Bertz CT molecular complexity index is 1120. The summed E-state index contributed by atoms with van der Waals surface area (Å²) in [6.07, 6.45) is 6.26. The second-order valence-corrected chi connectivity index (χ2v) is 9.75. The smallest absolute Gasteiger partial charge is 0.228 e. The van der Waals surface area contributed by atoms with Crippen LogP contribution in [0.2, 0.25) is 0 Å². The Morgan fingerprint density at radius 3 is 2.68 bits per heavy atom. The average molecular weight is 435 g/mol. The third kappa shape index (κ3) is 3.55. The van der Waals surface area contributed by atoms with Crippen LogP contribution in [0.15, 0.2) is 35.5 Å². The molecule has 1 spiro atoms. The summed E-state index contributed by atoms with van der Waals surface area (Å²) in [5.41, 5.74) is 2.95. The van der Waals surface area contributed by atoms with Crippen molar-refractivity contribution in [1.29, 1.82) is 0 Å². The van der Waals surface area contributed by atoms with E-state index in [0.29, 0.717) is 5.41 Å². The number of hydrogen-bond acceptors (Lipinski definition) is 9. The molecule has 0 atom stereocenters. The first-order valence-corrected chi connectivity index (χ1v) is 12.1. The van der Waals surface area contributed by atoms with Gasteiger partial charge < -0.3 is 20.9 Å². The van der Waals surface area contributed by atoms with Crippen molar-refractivity contribution >= 4 is 46.1 Å². The zero-order chi connectivity index (χ0) is 20.8. The van der Waals surface area contributed by atoms with Gasteiger partial charge in [-0.1, -0.05) is 12.1 Å². The number of thioether (sulfide) groups is 1. The van der Waals surface area contributed by atoms with Crippen molar-refractivity contribution in [3.05, 3.63) is 30.6 Å². The van der Waals surface area contributed by atoms with Crippen molar-refractivity contribution in [3.8, 4) is 0 Å². The van der Waals surface area contributed by atoms with Crippen molar-refractivity contribution in [2.24, 2.45) is 11.3 Å². The number of fused-ring (bicyclic) bond motifs is 1. The van der Waals surface area contributed by atoms with Crippen LogP contribution in [0.5, 0.6) is 0 Å². The molecule has 3 aliphatic rings. The molecule has 3 fully saturated rings. The maximum absolute atomic E-state index is 4.93. The molecule has 9 heteroatoms. The van der Waals surface area contributed by atoms with Gasteiger partial charge in [0.05, 0.1) is 5.69 Å². The van der Waals surface area contributed by atoms with E-state index in [2.05, 4.69) is 55.3 Å². The van der Waals surface area contributed by atoms with Gasteiger partial charge in [-0.15, -0.1) is 11.8 Å². The van der Waals surface area contributed by atoms with Crippen molar-refractivity contribution in [3.63, 3.8) is 0 Å². The SMILES string of the molecule is CSc1ccccc1Nc1nc(N2CC3(CNC3)C2)nc2c(NCC3CC3)ncnc12. The monoisotopic (exact) mass is 434 g/mol. The molecule has 3 N–H and O–H groups in total. The average Bonchev–Trinajstić information content (AvgIpc) is 3.55. The normalized spacial score (nSPS) is 19.2. The highest BCUT2D eigenvalue weighted by Crippen LogP contribution is 2.38. The minimum absolute atomic E-state index is 0.400. The van der Waals surface area contributed by atoms with Crippen molar-refractivity contribution in [2.45, 2.75) is 17.7 Å². The van der Waals surface area contributed by atoms with Crippen LogP contribution in [0, 0.1) is 11.3 Å². The third-order valence-electron chi connectivity index (χ3n) is 6.42. The number of nitrogens with one attached hydrogen (secondary N) is 3. The molecule has 6 rings (SSSR count). The molecular weight excluding hydrogens is 408 g/mol. The standard InChI is InChI=1S/C22H26N8S/c1-31-16-5-3-2-4-15(16)27-20-17-18(19(26-13-25-17)24-8-14-6-7-14)28-21(29-20)30-11-22(12-30)9-23-10-22/h2-5,13-14,23H,6-12H2,1H3,(H,24,25,26)(H,27,28,29). The van der Waals surface area contributed by atoms with E-state index in [9.17, 15) is 0 Å². The molecule has 2 aliphatic heterocycles. The van der Waals surface area contributed by atoms with Crippen molar-refractivity contribution in [1.82, 2.24) is 25.3 Å². The number of rotatable bonds is 7. The minimum atomic E-state index is 0.400. The van der Waals surface area contributed by atoms with Gasteiger partial charge in [0.1, 0.15) is 17.4 Å². The summed E-state index contributed by atoms with van der Waals surface area (Å²) in [6, 6.07) is 8.27. The summed E-state index contributed by atoms with van der Waals surface area (Å²) >= 11 is 1.71. The Morgan fingerprint density at radius 2 is 1.94 bits per heavy atom. The van der Waals surface area contributed by atoms with Crippen LogP contribution < -0.4 is 20.9 Å². The van der Waals surface area contributed by atoms with Crippen LogP contribution >= 0.6 is 11.8 Å². The van der Waals surface area contributed by atoms with E-state index >= 15 is 0 Å². The van der Waals surface area contributed by atoms with E-state index in [0.717, 1.165) is 72.9 Å². The highest BCUT2D eigenvalue weighted by Gasteiger charge is 2.48. The number of hydrogen-bond donors (Lipinski definition) is 3. The molecule has 0 radical (unpaired) electrons. The van der Waals surface area contributed by atoms with E-state index in [1.54, 1.807) is 18.1 Å². The van der Waals surface area contributed by atoms with Crippen molar-refractivity contribution in [2.75, 3.05) is 54.5 Å². The van der Waals surface area contributed by atoms with E-state index < -0.39 is 0 Å². The maximum atomic E-state index is 4.93. The number of anilines is 4. The van der Waals surface area contributed by atoms with Gasteiger partial charge in [0.15, 0.2) is 11.6 Å². The Labute approximate surface area is 185 Å². The van der Waals surface area contributed by atoms with Crippen LogP contribution in [0.4, 0.5) is 23.3 Å². The summed E-state index contributed by atoms with van der Waals surface area (Å²) in [5.74, 6) is 3.02. The molecule has 0 bridgehead atoms. The fourth-order valence-corrected chi connectivity index (χ4v) is 4.89. The first kappa shape index (κ1) is 19.1. The second kappa shape index (κ2) is 7.49. The molecule has 0 unspecified atom stereocenters. The van der Waals surface area contributed by atoms with Crippen LogP contribution in [-0.4, -0.2) is 58.9 Å². The summed E-state index contributed by atoms with van der Waals surface area (Å²) in [6.45, 7) is 5.08. The van der Waals surface area contributed by atoms with Gasteiger partial charge in [-0.05, 0) is 37.1 Å². The van der Waals surface area contributed by atoms with Gasteiger partial charge in [-0.25, -0.2) is 15.0 Å². The van der Waals surface area contributed by atoms with Crippen molar-refractivity contribution < 1.29 is 0 Å². The largest absolute Gasteiger partial charge is 0.368 e. The Morgan fingerprint density at radius 1 is 1.10 bits per heavy atom. The highest BCUT2D eigenvalue weighted by molar-refractivity contribution is 7.98.